The first-order valence-corrected chi connectivity index (χ1v) is 12.1. The highest BCUT2D eigenvalue weighted by Gasteiger charge is 2.27. The van der Waals surface area contributed by atoms with Gasteiger partial charge in [0.1, 0.15) is 11.9 Å². The van der Waals surface area contributed by atoms with Crippen LogP contribution in [0.25, 0.3) is 11.1 Å². The molecule has 0 spiro atoms. The van der Waals surface area contributed by atoms with Crippen LogP contribution in [0, 0.1) is 5.92 Å². The Kier molecular flexibility index (Phi) is 6.88. The Morgan fingerprint density at radius 1 is 0.818 bits per heavy atom. The van der Waals surface area contributed by atoms with E-state index in [4.69, 9.17) is 10.5 Å². The fourth-order valence-corrected chi connectivity index (χ4v) is 4.75. The Balaban J connectivity index is 1.54. The summed E-state index contributed by atoms with van der Waals surface area (Å²) in [6.07, 6.45) is 6.10. The SMILES string of the molecule is CC(C)(C)c1ccc(-c2ccc(OC(c3ccc(C(N)=O)cc3)C3CCCCC3)cc2)cc1. The van der Waals surface area contributed by atoms with Crippen LogP contribution in [0.2, 0.25) is 0 Å². The van der Waals surface area contributed by atoms with Crippen LogP contribution in [0.4, 0.5) is 0 Å². The number of rotatable bonds is 6. The van der Waals surface area contributed by atoms with Gasteiger partial charge in [0, 0.05) is 11.5 Å². The smallest absolute Gasteiger partial charge is 0.248 e. The van der Waals surface area contributed by atoms with Crippen molar-refractivity contribution in [2.75, 3.05) is 0 Å². The summed E-state index contributed by atoms with van der Waals surface area (Å²) >= 11 is 0. The van der Waals surface area contributed by atoms with E-state index in [0.29, 0.717) is 11.5 Å². The van der Waals surface area contributed by atoms with E-state index in [0.717, 1.165) is 11.3 Å². The summed E-state index contributed by atoms with van der Waals surface area (Å²) in [6, 6.07) is 24.8. The van der Waals surface area contributed by atoms with Gasteiger partial charge >= 0.3 is 0 Å². The van der Waals surface area contributed by atoms with E-state index >= 15 is 0 Å². The van der Waals surface area contributed by atoms with Crippen molar-refractivity contribution in [2.24, 2.45) is 11.7 Å². The molecular weight excluding hydrogens is 406 g/mol. The van der Waals surface area contributed by atoms with Crippen LogP contribution < -0.4 is 10.5 Å². The number of amides is 1. The molecule has 3 nitrogen and oxygen atoms in total. The molecule has 0 heterocycles. The van der Waals surface area contributed by atoms with Crippen LogP contribution in [0.5, 0.6) is 5.75 Å². The van der Waals surface area contributed by atoms with Gasteiger partial charge in [0.2, 0.25) is 5.91 Å². The summed E-state index contributed by atoms with van der Waals surface area (Å²) in [5, 5.41) is 0. The number of benzene rings is 3. The highest BCUT2D eigenvalue weighted by atomic mass is 16.5. The molecule has 3 aromatic carbocycles. The predicted molar refractivity (Wildman–Crippen MR) is 135 cm³/mol. The van der Waals surface area contributed by atoms with Gasteiger partial charge in [-0.1, -0.05) is 88.6 Å². The van der Waals surface area contributed by atoms with Crippen molar-refractivity contribution in [1.29, 1.82) is 0 Å². The molecule has 172 valence electrons. The zero-order chi connectivity index (χ0) is 23.4. The highest BCUT2D eigenvalue weighted by Crippen LogP contribution is 2.38. The van der Waals surface area contributed by atoms with Gasteiger partial charge in [-0.2, -0.15) is 0 Å². The van der Waals surface area contributed by atoms with Crippen molar-refractivity contribution >= 4 is 5.91 Å². The molecule has 3 aromatic rings. The average Bonchev–Trinajstić information content (AvgIpc) is 2.83. The van der Waals surface area contributed by atoms with Crippen molar-refractivity contribution in [2.45, 2.75) is 64.4 Å². The Bertz CT molecular complexity index is 1050. The number of ether oxygens (including phenoxy) is 1. The molecule has 1 unspecified atom stereocenters. The summed E-state index contributed by atoms with van der Waals surface area (Å²) in [4.78, 5) is 11.5. The molecule has 33 heavy (non-hydrogen) atoms. The quantitative estimate of drug-likeness (QED) is 0.432. The lowest BCUT2D eigenvalue weighted by molar-refractivity contribution is 0.0998. The fraction of sp³-hybridized carbons (Fsp3) is 0.367. The second-order valence-corrected chi connectivity index (χ2v) is 10.3. The molecule has 2 N–H and O–H groups in total. The number of carbonyl (C=O) groups is 1. The van der Waals surface area contributed by atoms with E-state index < -0.39 is 5.91 Å². The van der Waals surface area contributed by atoms with Crippen LogP contribution in [0.1, 0.15) is 80.5 Å². The molecule has 3 heteroatoms. The molecular formula is C30H35NO2. The monoisotopic (exact) mass is 441 g/mol. The third-order valence-electron chi connectivity index (χ3n) is 6.80. The van der Waals surface area contributed by atoms with Crippen LogP contribution >= 0.6 is 0 Å². The molecule has 1 aliphatic carbocycles. The van der Waals surface area contributed by atoms with Gasteiger partial charge in [-0.05, 0) is 64.8 Å². The van der Waals surface area contributed by atoms with Gasteiger partial charge in [-0.15, -0.1) is 0 Å². The third-order valence-corrected chi connectivity index (χ3v) is 6.80. The van der Waals surface area contributed by atoms with E-state index in [1.807, 2.05) is 12.1 Å². The molecule has 1 aliphatic rings. The van der Waals surface area contributed by atoms with Crippen molar-refractivity contribution in [3.63, 3.8) is 0 Å². The molecule has 4 rings (SSSR count). The molecule has 1 saturated carbocycles. The number of hydrogen-bond acceptors (Lipinski definition) is 2. The van der Waals surface area contributed by atoms with Crippen LogP contribution in [0.15, 0.2) is 72.8 Å². The van der Waals surface area contributed by atoms with E-state index in [-0.39, 0.29) is 11.5 Å². The van der Waals surface area contributed by atoms with E-state index in [1.54, 1.807) is 12.1 Å². The first-order chi connectivity index (χ1) is 15.8. The first-order valence-electron chi connectivity index (χ1n) is 12.1. The molecule has 0 radical (unpaired) electrons. The topological polar surface area (TPSA) is 52.3 Å². The van der Waals surface area contributed by atoms with Gasteiger partial charge < -0.3 is 10.5 Å². The van der Waals surface area contributed by atoms with Crippen molar-refractivity contribution in [1.82, 2.24) is 0 Å². The zero-order valence-electron chi connectivity index (χ0n) is 20.0. The summed E-state index contributed by atoms with van der Waals surface area (Å²) in [7, 11) is 0. The zero-order valence-corrected chi connectivity index (χ0v) is 20.0. The largest absolute Gasteiger partial charge is 0.485 e. The number of carbonyl (C=O) groups excluding carboxylic acids is 1. The van der Waals surface area contributed by atoms with Gasteiger partial charge in [-0.25, -0.2) is 0 Å². The van der Waals surface area contributed by atoms with Gasteiger partial charge in [-0.3, -0.25) is 4.79 Å². The molecule has 0 aromatic heterocycles. The van der Waals surface area contributed by atoms with Crippen molar-refractivity contribution in [3.8, 4) is 16.9 Å². The average molecular weight is 442 g/mol. The summed E-state index contributed by atoms with van der Waals surface area (Å²) in [5.41, 5.74) is 10.9. The molecule has 1 amide bonds. The van der Waals surface area contributed by atoms with Crippen molar-refractivity contribution in [3.05, 3.63) is 89.5 Å². The standard InChI is InChI=1S/C30H35NO2/c1-30(2,3)26-17-13-21(14-18-26)22-15-19-27(20-16-22)33-28(23-7-5-4-6-8-23)24-9-11-25(12-10-24)29(31)32/h9-20,23,28H,4-8H2,1-3H3,(H2,31,32). The van der Waals surface area contributed by atoms with Gasteiger partial charge in [0.05, 0.1) is 0 Å². The fourth-order valence-electron chi connectivity index (χ4n) is 4.75. The first kappa shape index (κ1) is 23.1. The Morgan fingerprint density at radius 2 is 1.36 bits per heavy atom. The highest BCUT2D eigenvalue weighted by molar-refractivity contribution is 5.92. The minimum atomic E-state index is -0.400. The minimum Gasteiger partial charge on any atom is -0.485 e. The molecule has 0 aliphatic heterocycles. The van der Waals surface area contributed by atoms with Gasteiger partial charge in [0.25, 0.3) is 0 Å². The van der Waals surface area contributed by atoms with Crippen LogP contribution in [0.3, 0.4) is 0 Å². The van der Waals surface area contributed by atoms with Gasteiger partial charge in [0.15, 0.2) is 0 Å². The Morgan fingerprint density at radius 3 is 1.88 bits per heavy atom. The second kappa shape index (κ2) is 9.82. The third kappa shape index (κ3) is 5.65. The summed E-state index contributed by atoms with van der Waals surface area (Å²) in [5.74, 6) is 0.949. The van der Waals surface area contributed by atoms with Crippen molar-refractivity contribution < 1.29 is 9.53 Å². The maximum atomic E-state index is 11.5. The Hall–Kier alpha value is -3.07. The minimum absolute atomic E-state index is 0.0239. The Labute approximate surface area is 198 Å². The van der Waals surface area contributed by atoms with E-state index in [9.17, 15) is 4.79 Å². The van der Waals surface area contributed by atoms with E-state index in [1.165, 1.54) is 48.8 Å². The molecule has 0 bridgehead atoms. The van der Waals surface area contributed by atoms with E-state index in [2.05, 4.69) is 69.3 Å². The predicted octanol–water partition coefficient (Wildman–Crippen LogP) is 7.45. The van der Waals surface area contributed by atoms with Crippen LogP contribution in [-0.4, -0.2) is 5.91 Å². The number of nitrogens with two attached hydrogens (primary N) is 1. The lowest BCUT2D eigenvalue weighted by Gasteiger charge is -2.31. The molecule has 1 fully saturated rings. The second-order valence-electron chi connectivity index (χ2n) is 10.3. The lowest BCUT2D eigenvalue weighted by Crippen LogP contribution is -2.21. The summed E-state index contributed by atoms with van der Waals surface area (Å²) in [6.45, 7) is 6.70. The normalized spacial score (nSPS) is 15.7. The maximum Gasteiger partial charge on any atom is 0.248 e. The van der Waals surface area contributed by atoms with Crippen LogP contribution in [-0.2, 0) is 5.41 Å². The number of primary amides is 1. The number of hydrogen-bond donors (Lipinski definition) is 1. The molecule has 0 saturated heterocycles. The molecule has 1 atom stereocenters. The summed E-state index contributed by atoms with van der Waals surface area (Å²) < 4.78 is 6.58. The maximum absolute atomic E-state index is 11.5. The lowest BCUT2D eigenvalue weighted by atomic mass is 9.82.